The molecule has 5 heteroatoms. The number of nitrogens with zero attached hydrogens (tertiary/aromatic N) is 3. The molecule has 0 saturated carbocycles. The van der Waals surface area contributed by atoms with E-state index in [0.29, 0.717) is 12.2 Å². The number of terminal acetylenes is 1. The molecule has 5 nitrogen and oxygen atoms in total. The zero-order chi connectivity index (χ0) is 13.7. The summed E-state index contributed by atoms with van der Waals surface area (Å²) in [4.78, 5) is 16.1. The minimum Gasteiger partial charge on any atom is -0.457 e. The van der Waals surface area contributed by atoms with E-state index in [-0.39, 0.29) is 11.8 Å². The van der Waals surface area contributed by atoms with Gasteiger partial charge in [0.05, 0.1) is 0 Å². The summed E-state index contributed by atoms with van der Waals surface area (Å²) in [5.74, 6) is 2.52. The van der Waals surface area contributed by atoms with E-state index in [1.165, 1.54) is 0 Å². The molecule has 0 fully saturated rings. The van der Waals surface area contributed by atoms with Crippen LogP contribution in [0.3, 0.4) is 0 Å². The van der Waals surface area contributed by atoms with Crippen molar-refractivity contribution in [2.45, 2.75) is 19.4 Å². The summed E-state index contributed by atoms with van der Waals surface area (Å²) in [6, 6.07) is 6.86. The highest BCUT2D eigenvalue weighted by atomic mass is 16.5. The Morgan fingerprint density at radius 3 is 3.05 bits per heavy atom. The van der Waals surface area contributed by atoms with Gasteiger partial charge in [-0.25, -0.2) is 14.5 Å². The van der Waals surface area contributed by atoms with Crippen molar-refractivity contribution in [3.05, 3.63) is 42.4 Å². The highest BCUT2D eigenvalue weighted by Gasteiger charge is 2.13. The maximum absolute atomic E-state index is 11.9. The first kappa shape index (κ1) is 12.8. The molecule has 0 aliphatic carbocycles. The lowest BCUT2D eigenvalue weighted by atomic mass is 10.3. The van der Waals surface area contributed by atoms with E-state index < -0.39 is 5.97 Å². The Kier molecular flexibility index (Phi) is 3.94. The van der Waals surface area contributed by atoms with Crippen molar-refractivity contribution in [3.63, 3.8) is 0 Å². The highest BCUT2D eigenvalue weighted by Crippen LogP contribution is 2.07. The monoisotopic (exact) mass is 255 g/mol. The first-order valence-electron chi connectivity index (χ1n) is 5.82. The van der Waals surface area contributed by atoms with Crippen LogP contribution in [0.1, 0.15) is 23.8 Å². The number of hydrogen-bond acceptors (Lipinski definition) is 4. The van der Waals surface area contributed by atoms with E-state index in [1.54, 1.807) is 48.3 Å². The highest BCUT2D eigenvalue weighted by molar-refractivity contribution is 5.87. The number of hydrogen-bond donors (Lipinski definition) is 0. The average molecular weight is 255 g/mol. The smallest absolute Gasteiger partial charge is 0.357 e. The van der Waals surface area contributed by atoms with Crippen molar-refractivity contribution in [3.8, 4) is 18.2 Å². The maximum Gasteiger partial charge on any atom is 0.357 e. The summed E-state index contributed by atoms with van der Waals surface area (Å²) in [6.07, 6.45) is 8.61. The van der Waals surface area contributed by atoms with Gasteiger partial charge in [0.15, 0.2) is 11.5 Å². The Balaban J connectivity index is 2.15. The summed E-state index contributed by atoms with van der Waals surface area (Å²) >= 11 is 0. The zero-order valence-corrected chi connectivity index (χ0v) is 10.5. The van der Waals surface area contributed by atoms with Crippen molar-refractivity contribution in [1.29, 1.82) is 0 Å². The van der Waals surface area contributed by atoms with Crippen molar-refractivity contribution in [2.75, 3.05) is 0 Å². The van der Waals surface area contributed by atoms with Crippen molar-refractivity contribution >= 4 is 5.97 Å². The number of carbonyl (C=O) groups is 1. The largest absolute Gasteiger partial charge is 0.457 e. The van der Waals surface area contributed by atoms with Crippen LogP contribution >= 0.6 is 0 Å². The van der Waals surface area contributed by atoms with E-state index in [2.05, 4.69) is 16.0 Å². The Morgan fingerprint density at radius 1 is 1.53 bits per heavy atom. The van der Waals surface area contributed by atoms with Crippen LogP contribution in [0, 0.1) is 12.3 Å². The predicted molar refractivity (Wildman–Crippen MR) is 69.7 cm³/mol. The summed E-state index contributed by atoms with van der Waals surface area (Å²) in [7, 11) is 0. The molecule has 0 amide bonds. The summed E-state index contributed by atoms with van der Waals surface area (Å²) < 4.78 is 6.75. The molecule has 0 bridgehead atoms. The van der Waals surface area contributed by atoms with Gasteiger partial charge in [-0.15, -0.1) is 12.3 Å². The molecule has 2 rings (SSSR count). The molecule has 0 unspecified atom stereocenters. The van der Waals surface area contributed by atoms with Crippen LogP contribution in [-0.2, 0) is 4.74 Å². The van der Waals surface area contributed by atoms with E-state index >= 15 is 0 Å². The van der Waals surface area contributed by atoms with E-state index in [0.717, 1.165) is 0 Å². The molecule has 2 heterocycles. The molecule has 1 atom stereocenters. The Labute approximate surface area is 111 Å². The number of esters is 1. The number of aromatic nitrogens is 3. The molecular formula is C14H13N3O2. The van der Waals surface area contributed by atoms with Crippen LogP contribution in [0.2, 0.25) is 0 Å². The molecule has 2 aromatic rings. The second kappa shape index (κ2) is 5.83. The Hall–Kier alpha value is -2.61. The van der Waals surface area contributed by atoms with E-state index in [9.17, 15) is 4.79 Å². The third-order valence-corrected chi connectivity index (χ3v) is 2.40. The minimum atomic E-state index is -0.489. The second-order valence-electron chi connectivity index (χ2n) is 3.96. The van der Waals surface area contributed by atoms with Gasteiger partial charge >= 0.3 is 5.97 Å². The minimum absolute atomic E-state index is 0.233. The van der Waals surface area contributed by atoms with Gasteiger partial charge in [-0.2, -0.15) is 5.10 Å². The summed E-state index contributed by atoms with van der Waals surface area (Å²) in [5.41, 5.74) is 0.233. The van der Waals surface area contributed by atoms with Crippen LogP contribution in [0.15, 0.2) is 36.7 Å². The lowest BCUT2D eigenvalue weighted by Crippen LogP contribution is -2.16. The Bertz CT molecular complexity index is 599. The van der Waals surface area contributed by atoms with Gasteiger partial charge in [0.2, 0.25) is 0 Å². The normalized spacial score (nSPS) is 11.6. The van der Waals surface area contributed by atoms with Gasteiger partial charge in [0, 0.05) is 18.8 Å². The van der Waals surface area contributed by atoms with Gasteiger partial charge < -0.3 is 4.74 Å². The van der Waals surface area contributed by atoms with Crippen LogP contribution < -0.4 is 0 Å². The second-order valence-corrected chi connectivity index (χ2v) is 3.96. The lowest BCUT2D eigenvalue weighted by molar-refractivity contribution is 0.0345. The summed E-state index contributed by atoms with van der Waals surface area (Å²) in [6.45, 7) is 1.75. The van der Waals surface area contributed by atoms with Crippen molar-refractivity contribution < 1.29 is 9.53 Å². The maximum atomic E-state index is 11.9. The third kappa shape index (κ3) is 3.19. The fourth-order valence-electron chi connectivity index (χ4n) is 1.52. The topological polar surface area (TPSA) is 57.0 Å². The number of rotatable bonds is 4. The first-order chi connectivity index (χ1) is 9.20. The van der Waals surface area contributed by atoms with Crippen molar-refractivity contribution in [2.24, 2.45) is 0 Å². The fourth-order valence-corrected chi connectivity index (χ4v) is 1.52. The summed E-state index contributed by atoms with van der Waals surface area (Å²) in [5, 5.41) is 4.05. The molecule has 19 heavy (non-hydrogen) atoms. The zero-order valence-electron chi connectivity index (χ0n) is 10.5. The molecular weight excluding hydrogens is 242 g/mol. The van der Waals surface area contributed by atoms with Gasteiger partial charge in [0.25, 0.3) is 0 Å². The molecule has 0 radical (unpaired) electrons. The molecule has 0 spiro atoms. The first-order valence-corrected chi connectivity index (χ1v) is 5.82. The van der Waals surface area contributed by atoms with Gasteiger partial charge in [-0.1, -0.05) is 6.07 Å². The van der Waals surface area contributed by atoms with Gasteiger partial charge in [-0.3, -0.25) is 0 Å². The Morgan fingerprint density at radius 2 is 2.37 bits per heavy atom. The van der Waals surface area contributed by atoms with Gasteiger partial charge in [0.1, 0.15) is 6.10 Å². The molecule has 0 aliphatic rings. The number of carbonyl (C=O) groups excluding carboxylic acids is 1. The number of ether oxygens (including phenoxy) is 1. The van der Waals surface area contributed by atoms with Crippen LogP contribution in [-0.4, -0.2) is 26.8 Å². The van der Waals surface area contributed by atoms with E-state index in [4.69, 9.17) is 11.2 Å². The molecule has 2 aromatic heterocycles. The van der Waals surface area contributed by atoms with Gasteiger partial charge in [-0.05, 0) is 25.1 Å². The molecule has 0 aromatic carbocycles. The van der Waals surface area contributed by atoms with Crippen LogP contribution in [0.5, 0.6) is 0 Å². The molecule has 0 N–H and O–H groups in total. The molecule has 0 aliphatic heterocycles. The predicted octanol–water partition coefficient (Wildman–Crippen LogP) is 1.84. The van der Waals surface area contributed by atoms with Crippen molar-refractivity contribution in [1.82, 2.24) is 14.8 Å². The van der Waals surface area contributed by atoms with Crippen LogP contribution in [0.25, 0.3) is 5.82 Å². The lowest BCUT2D eigenvalue weighted by Gasteiger charge is -2.10. The number of pyridine rings is 1. The third-order valence-electron chi connectivity index (χ3n) is 2.40. The quantitative estimate of drug-likeness (QED) is 0.618. The van der Waals surface area contributed by atoms with E-state index in [1.807, 2.05) is 0 Å². The average Bonchev–Trinajstić information content (AvgIpc) is 2.93. The molecule has 96 valence electrons. The molecule has 0 saturated heterocycles. The fraction of sp³-hybridized carbons (Fsp3) is 0.214. The van der Waals surface area contributed by atoms with Crippen LogP contribution in [0.4, 0.5) is 0 Å². The standard InChI is InChI=1S/C14H13N3O2/c1-3-6-11(2)19-14(18)12-7-4-8-13(16-12)17-10-5-9-15-17/h1,4-5,7-11H,6H2,2H3/t11-/m0/s1. The SMILES string of the molecule is C#CC[C@H](C)OC(=O)c1cccc(-n2cccn2)n1.